The highest BCUT2D eigenvalue weighted by Crippen LogP contribution is 2.11. The summed E-state index contributed by atoms with van der Waals surface area (Å²) in [5, 5.41) is 0. The first-order valence-electron chi connectivity index (χ1n) is 5.76. The lowest BCUT2D eigenvalue weighted by Gasteiger charge is -2.10. The molecule has 0 amide bonds. The van der Waals surface area contributed by atoms with E-state index in [1.807, 2.05) is 12.1 Å². The molecule has 90 valence electrons. The average Bonchev–Trinajstić information content (AvgIpc) is 2.83. The fourth-order valence-corrected chi connectivity index (χ4v) is 2.17. The second-order valence-electron chi connectivity index (χ2n) is 4.21. The highest BCUT2D eigenvalue weighted by molar-refractivity contribution is 14.1. The maximum absolute atomic E-state index is 6.12. The standard InChI is InChI=1S/C14H16INO/c15-12-5-3-11(4-6-12)10-13(16)7-8-14-2-1-9-17-14/h1-6,9,13H,7-8,10,16H2. The van der Waals surface area contributed by atoms with Gasteiger partial charge in [0.1, 0.15) is 5.76 Å². The molecule has 1 unspecified atom stereocenters. The number of aryl methyl sites for hydroxylation is 1. The van der Waals surface area contributed by atoms with Crippen molar-refractivity contribution in [3.8, 4) is 0 Å². The van der Waals surface area contributed by atoms with Crippen molar-refractivity contribution in [3.63, 3.8) is 0 Å². The molecule has 17 heavy (non-hydrogen) atoms. The van der Waals surface area contributed by atoms with E-state index in [0.717, 1.165) is 25.0 Å². The van der Waals surface area contributed by atoms with E-state index in [-0.39, 0.29) is 6.04 Å². The van der Waals surface area contributed by atoms with E-state index in [4.69, 9.17) is 10.2 Å². The van der Waals surface area contributed by atoms with Gasteiger partial charge < -0.3 is 10.2 Å². The quantitative estimate of drug-likeness (QED) is 0.847. The van der Waals surface area contributed by atoms with Crippen LogP contribution in [-0.4, -0.2) is 6.04 Å². The summed E-state index contributed by atoms with van der Waals surface area (Å²) in [7, 11) is 0. The molecule has 0 radical (unpaired) electrons. The minimum atomic E-state index is 0.195. The fraction of sp³-hybridized carbons (Fsp3) is 0.286. The van der Waals surface area contributed by atoms with Crippen LogP contribution in [0, 0.1) is 3.57 Å². The molecular formula is C14H16INO. The lowest BCUT2D eigenvalue weighted by atomic mass is 10.0. The Balaban J connectivity index is 1.80. The molecule has 0 bridgehead atoms. The van der Waals surface area contributed by atoms with Crippen LogP contribution in [0.2, 0.25) is 0 Å². The second kappa shape index (κ2) is 6.21. The molecule has 2 aromatic rings. The molecule has 2 nitrogen and oxygen atoms in total. The molecule has 1 aromatic heterocycles. The first-order chi connectivity index (χ1) is 8.24. The molecule has 0 aliphatic rings. The first kappa shape index (κ1) is 12.6. The van der Waals surface area contributed by atoms with Crippen LogP contribution in [0.15, 0.2) is 47.1 Å². The van der Waals surface area contributed by atoms with Gasteiger partial charge in [-0.25, -0.2) is 0 Å². The number of hydrogen-bond acceptors (Lipinski definition) is 2. The van der Waals surface area contributed by atoms with Gasteiger partial charge in [-0.3, -0.25) is 0 Å². The van der Waals surface area contributed by atoms with Crippen molar-refractivity contribution in [2.75, 3.05) is 0 Å². The average molecular weight is 341 g/mol. The third kappa shape index (κ3) is 4.16. The number of halogens is 1. The molecule has 1 atom stereocenters. The summed E-state index contributed by atoms with van der Waals surface area (Å²) in [5.74, 6) is 1.02. The Morgan fingerprint density at radius 2 is 1.94 bits per heavy atom. The van der Waals surface area contributed by atoms with Crippen molar-refractivity contribution < 1.29 is 4.42 Å². The molecule has 0 spiro atoms. The zero-order chi connectivity index (χ0) is 12.1. The van der Waals surface area contributed by atoms with Gasteiger partial charge >= 0.3 is 0 Å². The summed E-state index contributed by atoms with van der Waals surface area (Å²) in [5.41, 5.74) is 7.42. The summed E-state index contributed by atoms with van der Waals surface area (Å²) in [6, 6.07) is 12.6. The van der Waals surface area contributed by atoms with Crippen LogP contribution in [0.5, 0.6) is 0 Å². The highest BCUT2D eigenvalue weighted by Gasteiger charge is 2.05. The second-order valence-corrected chi connectivity index (χ2v) is 5.45. The summed E-state index contributed by atoms with van der Waals surface area (Å²) in [6.07, 6.45) is 4.51. The maximum Gasteiger partial charge on any atom is 0.103 e. The molecule has 2 N–H and O–H groups in total. The predicted octanol–water partition coefficient (Wildman–Crippen LogP) is 3.39. The number of benzene rings is 1. The molecular weight excluding hydrogens is 325 g/mol. The molecule has 0 fully saturated rings. The van der Waals surface area contributed by atoms with Crippen molar-refractivity contribution in [3.05, 3.63) is 57.6 Å². The third-order valence-electron chi connectivity index (χ3n) is 2.75. The van der Waals surface area contributed by atoms with Crippen molar-refractivity contribution >= 4 is 22.6 Å². The Kier molecular flexibility index (Phi) is 4.62. The SMILES string of the molecule is NC(CCc1ccco1)Cc1ccc(I)cc1. The van der Waals surface area contributed by atoms with Gasteiger partial charge in [0.25, 0.3) is 0 Å². The zero-order valence-electron chi connectivity index (χ0n) is 9.60. The van der Waals surface area contributed by atoms with Crippen LogP contribution in [0.25, 0.3) is 0 Å². The van der Waals surface area contributed by atoms with Gasteiger partial charge in [-0.2, -0.15) is 0 Å². The maximum atomic E-state index is 6.12. The molecule has 0 aliphatic carbocycles. The Morgan fingerprint density at radius 1 is 1.18 bits per heavy atom. The molecule has 0 saturated heterocycles. The van der Waals surface area contributed by atoms with Gasteiger partial charge in [0.15, 0.2) is 0 Å². The smallest absolute Gasteiger partial charge is 0.103 e. The normalized spacial score (nSPS) is 12.6. The third-order valence-corrected chi connectivity index (χ3v) is 3.47. The monoisotopic (exact) mass is 341 g/mol. The van der Waals surface area contributed by atoms with Gasteiger partial charge in [-0.1, -0.05) is 12.1 Å². The summed E-state index contributed by atoms with van der Waals surface area (Å²) >= 11 is 2.31. The number of furan rings is 1. The lowest BCUT2D eigenvalue weighted by molar-refractivity contribution is 0.484. The molecule has 2 rings (SSSR count). The van der Waals surface area contributed by atoms with E-state index in [9.17, 15) is 0 Å². The van der Waals surface area contributed by atoms with Crippen LogP contribution in [-0.2, 0) is 12.8 Å². The lowest BCUT2D eigenvalue weighted by Crippen LogP contribution is -2.23. The largest absolute Gasteiger partial charge is 0.469 e. The van der Waals surface area contributed by atoms with Gasteiger partial charge in [-0.05, 0) is 65.3 Å². The molecule has 1 heterocycles. The van der Waals surface area contributed by atoms with Crippen LogP contribution in [0.1, 0.15) is 17.7 Å². The number of rotatable bonds is 5. The van der Waals surface area contributed by atoms with E-state index in [1.165, 1.54) is 9.13 Å². The van der Waals surface area contributed by atoms with Gasteiger partial charge in [0.2, 0.25) is 0 Å². The van der Waals surface area contributed by atoms with Gasteiger partial charge in [0.05, 0.1) is 6.26 Å². The van der Waals surface area contributed by atoms with Crippen molar-refractivity contribution in [2.24, 2.45) is 5.73 Å². The van der Waals surface area contributed by atoms with E-state index < -0.39 is 0 Å². The summed E-state index contributed by atoms with van der Waals surface area (Å²) < 4.78 is 6.55. The molecule has 1 aromatic carbocycles. The first-order valence-corrected chi connectivity index (χ1v) is 6.84. The van der Waals surface area contributed by atoms with E-state index >= 15 is 0 Å². The Morgan fingerprint density at radius 3 is 2.59 bits per heavy atom. The fourth-order valence-electron chi connectivity index (χ4n) is 1.81. The van der Waals surface area contributed by atoms with E-state index in [2.05, 4.69) is 46.9 Å². The minimum Gasteiger partial charge on any atom is -0.469 e. The minimum absolute atomic E-state index is 0.195. The van der Waals surface area contributed by atoms with Crippen LogP contribution >= 0.6 is 22.6 Å². The van der Waals surface area contributed by atoms with Crippen LogP contribution in [0.3, 0.4) is 0 Å². The summed E-state index contributed by atoms with van der Waals surface area (Å²) in [6.45, 7) is 0. The Labute approximate surface area is 115 Å². The molecule has 0 saturated carbocycles. The van der Waals surface area contributed by atoms with Gasteiger partial charge in [-0.15, -0.1) is 0 Å². The Bertz CT molecular complexity index is 436. The zero-order valence-corrected chi connectivity index (χ0v) is 11.8. The molecule has 3 heteroatoms. The summed E-state index contributed by atoms with van der Waals surface area (Å²) in [4.78, 5) is 0. The number of hydrogen-bond donors (Lipinski definition) is 1. The Hall–Kier alpha value is -0.810. The topological polar surface area (TPSA) is 39.2 Å². The van der Waals surface area contributed by atoms with E-state index in [1.54, 1.807) is 6.26 Å². The van der Waals surface area contributed by atoms with Gasteiger partial charge in [0, 0.05) is 16.0 Å². The number of nitrogens with two attached hydrogens (primary N) is 1. The van der Waals surface area contributed by atoms with Crippen molar-refractivity contribution in [1.29, 1.82) is 0 Å². The highest BCUT2D eigenvalue weighted by atomic mass is 127. The van der Waals surface area contributed by atoms with Crippen LogP contribution in [0.4, 0.5) is 0 Å². The van der Waals surface area contributed by atoms with Crippen LogP contribution < -0.4 is 5.73 Å². The van der Waals surface area contributed by atoms with Crippen molar-refractivity contribution in [1.82, 2.24) is 0 Å². The van der Waals surface area contributed by atoms with E-state index in [0.29, 0.717) is 0 Å². The molecule has 0 aliphatic heterocycles. The predicted molar refractivity (Wildman–Crippen MR) is 77.9 cm³/mol. The van der Waals surface area contributed by atoms with Crippen molar-refractivity contribution in [2.45, 2.75) is 25.3 Å².